The predicted octanol–water partition coefficient (Wildman–Crippen LogP) is 4.47. The highest BCUT2D eigenvalue weighted by molar-refractivity contribution is 7.14. The van der Waals surface area contributed by atoms with Gasteiger partial charge in [0.25, 0.3) is 11.8 Å². The van der Waals surface area contributed by atoms with Crippen molar-refractivity contribution in [3.05, 3.63) is 88.8 Å². The second kappa shape index (κ2) is 9.24. The summed E-state index contributed by atoms with van der Waals surface area (Å²) in [6, 6.07) is 19.4. The minimum Gasteiger partial charge on any atom is -0.488 e. The van der Waals surface area contributed by atoms with E-state index in [4.69, 9.17) is 19.9 Å². The molecule has 0 saturated heterocycles. The van der Waals surface area contributed by atoms with Crippen molar-refractivity contribution in [3.63, 3.8) is 0 Å². The molecule has 0 bridgehead atoms. The zero-order chi connectivity index (χ0) is 23.5. The van der Waals surface area contributed by atoms with Gasteiger partial charge in [-0.25, -0.2) is 4.98 Å². The van der Waals surface area contributed by atoms with E-state index in [0.717, 1.165) is 16.8 Å². The Labute approximate surface area is 198 Å². The van der Waals surface area contributed by atoms with E-state index in [1.165, 1.54) is 11.3 Å². The largest absolute Gasteiger partial charge is 0.488 e. The van der Waals surface area contributed by atoms with Gasteiger partial charge in [-0.05, 0) is 48.0 Å². The molecule has 0 aliphatic carbocycles. The van der Waals surface area contributed by atoms with Crippen LogP contribution >= 0.6 is 11.3 Å². The van der Waals surface area contributed by atoms with Crippen LogP contribution in [0.25, 0.3) is 11.3 Å². The molecule has 8 nitrogen and oxygen atoms in total. The number of nitrogens with two attached hydrogens (primary N) is 1. The van der Waals surface area contributed by atoms with Crippen molar-refractivity contribution in [2.45, 2.75) is 6.61 Å². The smallest absolute Gasteiger partial charge is 0.257 e. The highest BCUT2D eigenvalue weighted by Crippen LogP contribution is 2.36. The number of primary amides is 1. The zero-order valence-corrected chi connectivity index (χ0v) is 18.6. The molecule has 3 N–H and O–H groups in total. The standard InChI is InChI=1S/C25H19N3O5S/c26-23(29)18-6-1-2-7-20(18)31-12-15-4-3-5-17(10-15)24(30)28-25-27-19(13-34-25)16-8-9-21-22(11-16)33-14-32-21/h1-11,13H,12,14H2,(H2,26,29)(H,27,28,30). The fourth-order valence-corrected chi connectivity index (χ4v) is 4.16. The minimum absolute atomic E-state index is 0.178. The number of aromatic nitrogens is 1. The number of nitrogens with one attached hydrogen (secondary N) is 1. The number of ether oxygens (including phenoxy) is 3. The summed E-state index contributed by atoms with van der Waals surface area (Å²) in [6.45, 7) is 0.385. The van der Waals surface area contributed by atoms with Gasteiger partial charge in [0.2, 0.25) is 6.79 Å². The van der Waals surface area contributed by atoms with Gasteiger partial charge in [0, 0.05) is 16.5 Å². The lowest BCUT2D eigenvalue weighted by Gasteiger charge is -2.10. The highest BCUT2D eigenvalue weighted by atomic mass is 32.1. The molecule has 2 amide bonds. The lowest BCUT2D eigenvalue weighted by molar-refractivity contribution is 0.0994. The SMILES string of the molecule is NC(=O)c1ccccc1OCc1cccc(C(=O)Nc2nc(-c3ccc4c(c3)OCO4)cs2)c1. The molecular formula is C25H19N3O5S. The van der Waals surface area contributed by atoms with Gasteiger partial charge >= 0.3 is 0 Å². The topological polar surface area (TPSA) is 113 Å². The number of carbonyl (C=O) groups excluding carboxylic acids is 2. The number of fused-ring (bicyclic) bond motifs is 1. The van der Waals surface area contributed by atoms with E-state index in [9.17, 15) is 9.59 Å². The summed E-state index contributed by atoms with van der Waals surface area (Å²) in [4.78, 5) is 28.9. The monoisotopic (exact) mass is 473 g/mol. The van der Waals surface area contributed by atoms with Crippen LogP contribution in [0, 0.1) is 0 Å². The van der Waals surface area contributed by atoms with E-state index in [1.807, 2.05) is 29.6 Å². The zero-order valence-electron chi connectivity index (χ0n) is 17.8. The Bertz CT molecular complexity index is 1380. The first-order valence-electron chi connectivity index (χ1n) is 10.3. The summed E-state index contributed by atoms with van der Waals surface area (Å²) in [5.41, 5.74) is 8.53. The van der Waals surface area contributed by atoms with Gasteiger partial charge in [-0.15, -0.1) is 11.3 Å². The van der Waals surface area contributed by atoms with Crippen LogP contribution in [-0.2, 0) is 6.61 Å². The fraction of sp³-hybridized carbons (Fsp3) is 0.0800. The Balaban J connectivity index is 1.25. The number of hydrogen-bond donors (Lipinski definition) is 2. The molecule has 0 radical (unpaired) electrons. The quantitative estimate of drug-likeness (QED) is 0.410. The molecule has 2 heterocycles. The van der Waals surface area contributed by atoms with Crippen LogP contribution in [0.4, 0.5) is 5.13 Å². The van der Waals surface area contributed by atoms with Crippen LogP contribution in [0.5, 0.6) is 17.2 Å². The van der Waals surface area contributed by atoms with E-state index in [0.29, 0.717) is 33.5 Å². The van der Waals surface area contributed by atoms with Crippen molar-refractivity contribution in [2.24, 2.45) is 5.73 Å². The summed E-state index contributed by atoms with van der Waals surface area (Å²) in [5.74, 6) is 0.921. The third-order valence-corrected chi connectivity index (χ3v) is 5.89. The van der Waals surface area contributed by atoms with Gasteiger partial charge in [-0.2, -0.15) is 0 Å². The van der Waals surface area contributed by atoms with Crippen molar-refractivity contribution in [2.75, 3.05) is 12.1 Å². The van der Waals surface area contributed by atoms with E-state index < -0.39 is 5.91 Å². The van der Waals surface area contributed by atoms with Gasteiger partial charge in [0.05, 0.1) is 11.3 Å². The molecular weight excluding hydrogens is 454 g/mol. The third kappa shape index (κ3) is 4.55. The Morgan fingerprint density at radius 3 is 2.76 bits per heavy atom. The van der Waals surface area contributed by atoms with Crippen LogP contribution in [-0.4, -0.2) is 23.6 Å². The van der Waals surface area contributed by atoms with Crippen molar-refractivity contribution in [1.82, 2.24) is 4.98 Å². The number of rotatable bonds is 7. The Morgan fingerprint density at radius 2 is 1.88 bits per heavy atom. The van der Waals surface area contributed by atoms with Gasteiger partial charge in [-0.3, -0.25) is 14.9 Å². The molecule has 0 fully saturated rings. The second-order valence-electron chi connectivity index (χ2n) is 7.41. The Morgan fingerprint density at radius 1 is 1.03 bits per heavy atom. The normalized spacial score (nSPS) is 11.8. The number of hydrogen-bond acceptors (Lipinski definition) is 7. The summed E-state index contributed by atoms with van der Waals surface area (Å²) in [6.07, 6.45) is 0. The summed E-state index contributed by atoms with van der Waals surface area (Å²) in [5, 5.41) is 5.19. The molecule has 1 aromatic heterocycles. The van der Waals surface area contributed by atoms with Gasteiger partial charge in [0.1, 0.15) is 12.4 Å². The first kappa shape index (κ1) is 21.5. The molecule has 0 spiro atoms. The predicted molar refractivity (Wildman–Crippen MR) is 127 cm³/mol. The molecule has 3 aromatic carbocycles. The van der Waals surface area contributed by atoms with Crippen LogP contribution in [0.2, 0.25) is 0 Å². The number of carbonyl (C=O) groups is 2. The number of benzene rings is 3. The number of anilines is 1. The maximum Gasteiger partial charge on any atom is 0.257 e. The molecule has 4 aromatic rings. The van der Waals surface area contributed by atoms with Crippen LogP contribution < -0.4 is 25.3 Å². The molecule has 0 unspecified atom stereocenters. The molecule has 170 valence electrons. The molecule has 5 rings (SSSR count). The molecule has 9 heteroatoms. The maximum atomic E-state index is 12.8. The first-order chi connectivity index (χ1) is 16.6. The van der Waals surface area contributed by atoms with Crippen LogP contribution in [0.1, 0.15) is 26.3 Å². The summed E-state index contributed by atoms with van der Waals surface area (Å²) < 4.78 is 16.5. The lowest BCUT2D eigenvalue weighted by Crippen LogP contribution is -2.13. The first-order valence-corrected chi connectivity index (χ1v) is 11.2. The van der Waals surface area contributed by atoms with Gasteiger partial charge in [-0.1, -0.05) is 24.3 Å². The summed E-state index contributed by atoms with van der Waals surface area (Å²) >= 11 is 1.33. The molecule has 1 aliphatic rings. The van der Waals surface area contributed by atoms with Crippen molar-refractivity contribution < 1.29 is 23.8 Å². The number of thiazole rings is 1. The minimum atomic E-state index is -0.563. The molecule has 1 aliphatic heterocycles. The second-order valence-corrected chi connectivity index (χ2v) is 8.27. The third-order valence-electron chi connectivity index (χ3n) is 5.13. The maximum absolute atomic E-state index is 12.8. The number of para-hydroxylation sites is 1. The highest BCUT2D eigenvalue weighted by Gasteiger charge is 2.16. The van der Waals surface area contributed by atoms with Gasteiger partial charge < -0.3 is 19.9 Å². The van der Waals surface area contributed by atoms with Crippen molar-refractivity contribution in [1.29, 1.82) is 0 Å². The number of nitrogens with zero attached hydrogens (tertiary/aromatic N) is 1. The van der Waals surface area contributed by atoms with Crippen molar-refractivity contribution >= 4 is 28.3 Å². The van der Waals surface area contributed by atoms with Crippen LogP contribution in [0.15, 0.2) is 72.1 Å². The summed E-state index contributed by atoms with van der Waals surface area (Å²) in [7, 11) is 0. The van der Waals surface area contributed by atoms with E-state index in [1.54, 1.807) is 42.5 Å². The Hall–Kier alpha value is -4.37. The number of amides is 2. The molecule has 0 saturated carbocycles. The van der Waals surface area contributed by atoms with Crippen molar-refractivity contribution in [3.8, 4) is 28.5 Å². The molecule has 0 atom stereocenters. The Kier molecular flexibility index (Phi) is 5.84. The lowest BCUT2D eigenvalue weighted by atomic mass is 10.1. The average Bonchev–Trinajstić information content (AvgIpc) is 3.52. The van der Waals surface area contributed by atoms with E-state index in [-0.39, 0.29) is 19.3 Å². The fourth-order valence-electron chi connectivity index (χ4n) is 3.45. The van der Waals surface area contributed by atoms with Crippen LogP contribution in [0.3, 0.4) is 0 Å². The van der Waals surface area contributed by atoms with E-state index >= 15 is 0 Å². The average molecular weight is 474 g/mol. The molecule has 34 heavy (non-hydrogen) atoms. The van der Waals surface area contributed by atoms with Gasteiger partial charge in [0.15, 0.2) is 16.6 Å². The van der Waals surface area contributed by atoms with E-state index in [2.05, 4.69) is 10.3 Å².